The highest BCUT2D eigenvalue weighted by molar-refractivity contribution is 5.54. The van der Waals surface area contributed by atoms with Gasteiger partial charge in [0.25, 0.3) is 0 Å². The third-order valence-electron chi connectivity index (χ3n) is 4.04. The molecule has 2 nitrogen and oxygen atoms in total. The topological polar surface area (TPSA) is 21.3 Å². The van der Waals surface area contributed by atoms with Gasteiger partial charge >= 0.3 is 0 Å². The Morgan fingerprint density at radius 3 is 2.72 bits per heavy atom. The minimum Gasteiger partial charge on any atom is -0.497 e. The van der Waals surface area contributed by atoms with Crippen molar-refractivity contribution in [1.29, 1.82) is 0 Å². The van der Waals surface area contributed by atoms with E-state index in [1.807, 2.05) is 6.07 Å². The number of hydrogen-bond acceptors (Lipinski definition) is 2. The van der Waals surface area contributed by atoms with E-state index in [0.29, 0.717) is 0 Å². The van der Waals surface area contributed by atoms with Crippen LogP contribution in [0.5, 0.6) is 5.75 Å². The van der Waals surface area contributed by atoms with Crippen molar-refractivity contribution in [3.8, 4) is 5.75 Å². The SMILES string of the molecule is COc1ccc(C)c(NCCC2CCCCC2)c1. The maximum Gasteiger partial charge on any atom is 0.120 e. The van der Waals surface area contributed by atoms with Crippen LogP contribution in [0.25, 0.3) is 0 Å². The molecule has 0 atom stereocenters. The van der Waals surface area contributed by atoms with Crippen molar-refractivity contribution in [3.63, 3.8) is 0 Å². The first-order chi connectivity index (χ1) is 8.79. The third-order valence-corrected chi connectivity index (χ3v) is 4.04. The van der Waals surface area contributed by atoms with Crippen molar-refractivity contribution >= 4 is 5.69 Å². The molecule has 100 valence electrons. The summed E-state index contributed by atoms with van der Waals surface area (Å²) in [7, 11) is 1.72. The number of ether oxygens (including phenoxy) is 1. The molecule has 0 aromatic heterocycles. The highest BCUT2D eigenvalue weighted by atomic mass is 16.5. The number of nitrogens with one attached hydrogen (secondary N) is 1. The summed E-state index contributed by atoms with van der Waals surface area (Å²) < 4.78 is 5.27. The van der Waals surface area contributed by atoms with Crippen LogP contribution in [-0.2, 0) is 0 Å². The van der Waals surface area contributed by atoms with Crippen LogP contribution in [0.2, 0.25) is 0 Å². The molecule has 1 fully saturated rings. The first-order valence-corrected chi connectivity index (χ1v) is 7.18. The van der Waals surface area contributed by atoms with Crippen molar-refractivity contribution in [1.82, 2.24) is 0 Å². The summed E-state index contributed by atoms with van der Waals surface area (Å²) in [5.41, 5.74) is 2.50. The van der Waals surface area contributed by atoms with Gasteiger partial charge in [-0.1, -0.05) is 38.2 Å². The number of aryl methyl sites for hydroxylation is 1. The number of anilines is 1. The predicted octanol–water partition coefficient (Wildman–Crippen LogP) is 4.39. The Hall–Kier alpha value is -1.18. The maximum atomic E-state index is 5.27. The van der Waals surface area contributed by atoms with Gasteiger partial charge in [-0.3, -0.25) is 0 Å². The molecule has 1 aromatic rings. The minimum atomic E-state index is 0.931. The average Bonchev–Trinajstić information content (AvgIpc) is 2.42. The first kappa shape index (κ1) is 13.3. The molecule has 0 spiro atoms. The zero-order chi connectivity index (χ0) is 12.8. The fourth-order valence-electron chi connectivity index (χ4n) is 2.81. The average molecular weight is 247 g/mol. The van der Waals surface area contributed by atoms with Crippen LogP contribution < -0.4 is 10.1 Å². The minimum absolute atomic E-state index is 0.931. The van der Waals surface area contributed by atoms with Gasteiger partial charge in [0.15, 0.2) is 0 Å². The quantitative estimate of drug-likeness (QED) is 0.833. The summed E-state index contributed by atoms with van der Waals surface area (Å²) in [5.74, 6) is 1.87. The molecule has 0 amide bonds. The summed E-state index contributed by atoms with van der Waals surface area (Å²) in [5, 5.41) is 3.55. The zero-order valence-electron chi connectivity index (χ0n) is 11.7. The number of hydrogen-bond donors (Lipinski definition) is 1. The Bertz CT molecular complexity index is 369. The van der Waals surface area contributed by atoms with Gasteiger partial charge < -0.3 is 10.1 Å². The molecule has 1 aliphatic rings. The number of benzene rings is 1. The molecule has 2 heteroatoms. The standard InChI is InChI=1S/C16H25NO/c1-13-8-9-15(18-2)12-16(13)17-11-10-14-6-4-3-5-7-14/h8-9,12,14,17H,3-7,10-11H2,1-2H3. The van der Waals surface area contributed by atoms with Gasteiger partial charge in [0, 0.05) is 18.3 Å². The van der Waals surface area contributed by atoms with Gasteiger partial charge in [0.2, 0.25) is 0 Å². The molecule has 0 saturated heterocycles. The molecule has 0 bridgehead atoms. The lowest BCUT2D eigenvalue weighted by atomic mass is 9.87. The van der Waals surface area contributed by atoms with E-state index in [0.717, 1.165) is 18.2 Å². The summed E-state index contributed by atoms with van der Waals surface area (Å²) in [6, 6.07) is 6.22. The molecular weight excluding hydrogens is 222 g/mol. The second-order valence-corrected chi connectivity index (χ2v) is 5.40. The summed E-state index contributed by atoms with van der Waals surface area (Å²) in [4.78, 5) is 0. The Kier molecular flexibility index (Phi) is 4.91. The lowest BCUT2D eigenvalue weighted by molar-refractivity contribution is 0.345. The highest BCUT2D eigenvalue weighted by Crippen LogP contribution is 2.27. The molecule has 1 aliphatic carbocycles. The second kappa shape index (κ2) is 6.67. The summed E-state index contributed by atoms with van der Waals surface area (Å²) >= 11 is 0. The molecule has 0 unspecified atom stereocenters. The van der Waals surface area contributed by atoms with E-state index in [2.05, 4.69) is 24.4 Å². The third kappa shape index (κ3) is 3.66. The van der Waals surface area contributed by atoms with Crippen molar-refractivity contribution < 1.29 is 4.74 Å². The van der Waals surface area contributed by atoms with E-state index in [1.165, 1.54) is 49.8 Å². The van der Waals surface area contributed by atoms with E-state index in [-0.39, 0.29) is 0 Å². The number of rotatable bonds is 5. The van der Waals surface area contributed by atoms with E-state index in [4.69, 9.17) is 4.74 Å². The summed E-state index contributed by atoms with van der Waals surface area (Å²) in [6.07, 6.45) is 8.47. The molecular formula is C16H25NO. The van der Waals surface area contributed by atoms with Gasteiger partial charge in [0.1, 0.15) is 5.75 Å². The van der Waals surface area contributed by atoms with E-state index in [9.17, 15) is 0 Å². The molecule has 18 heavy (non-hydrogen) atoms. The largest absolute Gasteiger partial charge is 0.497 e. The van der Waals surface area contributed by atoms with E-state index in [1.54, 1.807) is 7.11 Å². The van der Waals surface area contributed by atoms with Crippen molar-refractivity contribution in [2.45, 2.75) is 45.4 Å². The molecule has 0 radical (unpaired) electrons. The van der Waals surface area contributed by atoms with Crippen molar-refractivity contribution in [3.05, 3.63) is 23.8 Å². The molecule has 0 heterocycles. The zero-order valence-corrected chi connectivity index (χ0v) is 11.7. The summed E-state index contributed by atoms with van der Waals surface area (Å²) in [6.45, 7) is 3.22. The molecule has 1 aromatic carbocycles. The molecule has 0 aliphatic heterocycles. The predicted molar refractivity (Wildman–Crippen MR) is 77.4 cm³/mol. The fraction of sp³-hybridized carbons (Fsp3) is 0.625. The maximum absolute atomic E-state index is 5.27. The smallest absolute Gasteiger partial charge is 0.120 e. The first-order valence-electron chi connectivity index (χ1n) is 7.18. The lowest BCUT2D eigenvalue weighted by Crippen LogP contribution is -2.12. The van der Waals surface area contributed by atoms with Crippen LogP contribution in [0.15, 0.2) is 18.2 Å². The van der Waals surface area contributed by atoms with Gasteiger partial charge in [0.05, 0.1) is 7.11 Å². The number of methoxy groups -OCH3 is 1. The van der Waals surface area contributed by atoms with Crippen LogP contribution >= 0.6 is 0 Å². The highest BCUT2D eigenvalue weighted by Gasteiger charge is 2.12. The fourth-order valence-corrected chi connectivity index (χ4v) is 2.81. The molecule has 1 N–H and O–H groups in total. The van der Waals surface area contributed by atoms with Crippen LogP contribution in [-0.4, -0.2) is 13.7 Å². The van der Waals surface area contributed by atoms with E-state index < -0.39 is 0 Å². The van der Waals surface area contributed by atoms with Gasteiger partial charge in [-0.2, -0.15) is 0 Å². The Morgan fingerprint density at radius 1 is 1.22 bits per heavy atom. The molecule has 1 saturated carbocycles. The van der Waals surface area contributed by atoms with Crippen LogP contribution in [0.1, 0.15) is 44.1 Å². The monoisotopic (exact) mass is 247 g/mol. The Balaban J connectivity index is 1.81. The van der Waals surface area contributed by atoms with Gasteiger partial charge in [-0.15, -0.1) is 0 Å². The van der Waals surface area contributed by atoms with Crippen LogP contribution in [0, 0.1) is 12.8 Å². The Labute approximate surface area is 111 Å². The molecule has 2 rings (SSSR count). The van der Waals surface area contributed by atoms with Crippen LogP contribution in [0.4, 0.5) is 5.69 Å². The Morgan fingerprint density at radius 2 is 2.00 bits per heavy atom. The van der Waals surface area contributed by atoms with E-state index >= 15 is 0 Å². The van der Waals surface area contributed by atoms with Gasteiger partial charge in [-0.05, 0) is 30.9 Å². The normalized spacial score (nSPS) is 16.6. The lowest BCUT2D eigenvalue weighted by Gasteiger charge is -2.22. The van der Waals surface area contributed by atoms with Crippen molar-refractivity contribution in [2.75, 3.05) is 19.0 Å². The second-order valence-electron chi connectivity index (χ2n) is 5.40. The van der Waals surface area contributed by atoms with Gasteiger partial charge in [-0.25, -0.2) is 0 Å². The van der Waals surface area contributed by atoms with Crippen molar-refractivity contribution in [2.24, 2.45) is 5.92 Å². The van der Waals surface area contributed by atoms with Crippen LogP contribution in [0.3, 0.4) is 0 Å².